The minimum Gasteiger partial charge on any atom is -0.492 e. The second-order valence-electron chi connectivity index (χ2n) is 4.42. The molecular formula is C15H13BrCl3NO. The van der Waals surface area contributed by atoms with Gasteiger partial charge in [0.05, 0.1) is 17.7 Å². The average molecular weight is 410 g/mol. The van der Waals surface area contributed by atoms with Gasteiger partial charge in [-0.15, -0.1) is 0 Å². The van der Waals surface area contributed by atoms with Crippen LogP contribution in [-0.2, 0) is 0 Å². The molecule has 0 amide bonds. The Morgan fingerprint density at radius 3 is 2.43 bits per heavy atom. The lowest BCUT2D eigenvalue weighted by Gasteiger charge is -2.17. The highest BCUT2D eigenvalue weighted by molar-refractivity contribution is 9.10. The van der Waals surface area contributed by atoms with Gasteiger partial charge in [-0.25, -0.2) is 0 Å². The molecule has 6 heteroatoms. The fourth-order valence-corrected chi connectivity index (χ4v) is 3.37. The topological polar surface area (TPSA) is 35.2 Å². The molecule has 2 nitrogen and oxygen atoms in total. The van der Waals surface area contributed by atoms with Crippen LogP contribution in [0.15, 0.2) is 34.8 Å². The van der Waals surface area contributed by atoms with Crippen LogP contribution in [0, 0.1) is 0 Å². The quantitative estimate of drug-likeness (QED) is 0.687. The molecule has 21 heavy (non-hydrogen) atoms. The first-order chi connectivity index (χ1) is 9.92. The van der Waals surface area contributed by atoms with Crippen molar-refractivity contribution in [3.63, 3.8) is 0 Å². The monoisotopic (exact) mass is 407 g/mol. The van der Waals surface area contributed by atoms with Crippen LogP contribution in [0.3, 0.4) is 0 Å². The average Bonchev–Trinajstić information content (AvgIpc) is 2.41. The van der Waals surface area contributed by atoms with E-state index in [1.54, 1.807) is 24.3 Å². The fourth-order valence-electron chi connectivity index (χ4n) is 1.98. The van der Waals surface area contributed by atoms with Crippen LogP contribution in [0.4, 0.5) is 0 Å². The molecule has 0 spiro atoms. The Balaban J connectivity index is 2.43. The summed E-state index contributed by atoms with van der Waals surface area (Å²) in [5.41, 5.74) is 7.85. The molecule has 0 saturated carbocycles. The van der Waals surface area contributed by atoms with E-state index in [2.05, 4.69) is 15.9 Å². The molecule has 1 atom stereocenters. The van der Waals surface area contributed by atoms with Crippen molar-refractivity contribution in [2.45, 2.75) is 13.0 Å². The minimum absolute atomic E-state index is 0.430. The number of nitrogens with two attached hydrogens (primary N) is 1. The molecule has 2 rings (SSSR count). The highest BCUT2D eigenvalue weighted by Gasteiger charge is 2.17. The standard InChI is InChI=1S/C15H13BrCl3NO/c1-2-21-14-7-12(18)11(6-13(14)19)15(20)8-3-9(16)5-10(17)4-8/h3-7,15H,2,20H2,1H3. The van der Waals surface area contributed by atoms with Crippen LogP contribution in [0.5, 0.6) is 5.75 Å². The first-order valence-corrected chi connectivity index (χ1v) is 8.18. The summed E-state index contributed by atoms with van der Waals surface area (Å²) in [6.45, 7) is 2.40. The molecule has 0 bridgehead atoms. The van der Waals surface area contributed by atoms with Crippen LogP contribution >= 0.6 is 50.7 Å². The Hall–Kier alpha value is -0.450. The van der Waals surface area contributed by atoms with Gasteiger partial charge in [-0.2, -0.15) is 0 Å². The van der Waals surface area contributed by atoms with Crippen molar-refractivity contribution in [2.24, 2.45) is 5.73 Å². The highest BCUT2D eigenvalue weighted by Crippen LogP contribution is 2.36. The Morgan fingerprint density at radius 2 is 1.81 bits per heavy atom. The molecule has 0 aromatic heterocycles. The van der Waals surface area contributed by atoms with E-state index in [-0.39, 0.29) is 0 Å². The zero-order valence-electron chi connectivity index (χ0n) is 11.2. The second-order valence-corrected chi connectivity index (χ2v) is 6.58. The van der Waals surface area contributed by atoms with Gasteiger partial charge < -0.3 is 10.5 Å². The molecule has 0 saturated heterocycles. The number of hydrogen-bond donors (Lipinski definition) is 1. The third kappa shape index (κ3) is 4.05. The Kier molecular flexibility index (Phi) is 5.81. The minimum atomic E-state index is -0.430. The van der Waals surface area contributed by atoms with E-state index in [9.17, 15) is 0 Å². The smallest absolute Gasteiger partial charge is 0.139 e. The summed E-state index contributed by atoms with van der Waals surface area (Å²) in [5, 5.41) is 1.59. The SMILES string of the molecule is CCOc1cc(Cl)c(C(N)c2cc(Cl)cc(Br)c2)cc1Cl. The van der Waals surface area contributed by atoms with Crippen LogP contribution in [0.1, 0.15) is 24.1 Å². The third-order valence-corrected chi connectivity index (χ3v) is 4.23. The second kappa shape index (κ2) is 7.21. The van der Waals surface area contributed by atoms with Gasteiger partial charge in [0.15, 0.2) is 0 Å². The zero-order chi connectivity index (χ0) is 15.6. The molecule has 2 aromatic carbocycles. The lowest BCUT2D eigenvalue weighted by Crippen LogP contribution is -2.12. The van der Waals surface area contributed by atoms with E-state index < -0.39 is 6.04 Å². The molecule has 1 unspecified atom stereocenters. The maximum atomic E-state index is 6.30. The first kappa shape index (κ1) is 16.9. The van der Waals surface area contributed by atoms with E-state index >= 15 is 0 Å². The summed E-state index contributed by atoms with van der Waals surface area (Å²) in [5.74, 6) is 0.549. The van der Waals surface area contributed by atoms with Gasteiger partial charge in [0.25, 0.3) is 0 Å². The van der Waals surface area contributed by atoms with Crippen LogP contribution in [-0.4, -0.2) is 6.61 Å². The van der Waals surface area contributed by atoms with Gasteiger partial charge >= 0.3 is 0 Å². The molecule has 0 aliphatic heterocycles. The van der Waals surface area contributed by atoms with E-state index in [1.165, 1.54) is 0 Å². The normalized spacial score (nSPS) is 12.3. The summed E-state index contributed by atoms with van der Waals surface area (Å²) < 4.78 is 6.27. The van der Waals surface area contributed by atoms with Crippen LogP contribution < -0.4 is 10.5 Å². The van der Waals surface area contributed by atoms with E-state index in [4.69, 9.17) is 45.3 Å². The number of benzene rings is 2. The van der Waals surface area contributed by atoms with E-state index in [1.807, 2.05) is 13.0 Å². The maximum absolute atomic E-state index is 6.30. The Bertz CT molecular complexity index is 643. The molecule has 0 heterocycles. The van der Waals surface area contributed by atoms with Crippen molar-refractivity contribution in [1.29, 1.82) is 0 Å². The fraction of sp³-hybridized carbons (Fsp3) is 0.200. The van der Waals surface area contributed by atoms with Gasteiger partial charge in [-0.1, -0.05) is 50.7 Å². The van der Waals surface area contributed by atoms with Gasteiger partial charge in [0.2, 0.25) is 0 Å². The zero-order valence-corrected chi connectivity index (χ0v) is 15.0. The van der Waals surface area contributed by atoms with Crippen LogP contribution in [0.2, 0.25) is 15.1 Å². The van der Waals surface area contributed by atoms with Crippen molar-refractivity contribution in [1.82, 2.24) is 0 Å². The van der Waals surface area contributed by atoms with Crippen molar-refractivity contribution < 1.29 is 4.74 Å². The Labute approximate surface area is 147 Å². The number of halogens is 4. The summed E-state index contributed by atoms with van der Waals surface area (Å²) in [7, 11) is 0. The predicted molar refractivity (Wildman–Crippen MR) is 92.8 cm³/mol. The summed E-state index contributed by atoms with van der Waals surface area (Å²) in [6, 6.07) is 8.48. The summed E-state index contributed by atoms with van der Waals surface area (Å²) in [4.78, 5) is 0. The summed E-state index contributed by atoms with van der Waals surface area (Å²) in [6.07, 6.45) is 0. The molecule has 0 aliphatic rings. The number of rotatable bonds is 4. The van der Waals surface area contributed by atoms with E-state index in [0.29, 0.717) is 27.4 Å². The Morgan fingerprint density at radius 1 is 1.10 bits per heavy atom. The first-order valence-electron chi connectivity index (χ1n) is 6.25. The molecule has 2 aromatic rings. The third-order valence-electron chi connectivity index (χ3n) is 2.93. The largest absolute Gasteiger partial charge is 0.492 e. The summed E-state index contributed by atoms with van der Waals surface area (Å²) >= 11 is 22.0. The molecule has 112 valence electrons. The molecular weight excluding hydrogens is 396 g/mol. The van der Waals surface area contributed by atoms with Crippen molar-refractivity contribution in [3.05, 3.63) is 61.0 Å². The maximum Gasteiger partial charge on any atom is 0.139 e. The lowest BCUT2D eigenvalue weighted by atomic mass is 9.99. The van der Waals surface area contributed by atoms with Gasteiger partial charge in [0, 0.05) is 20.6 Å². The highest BCUT2D eigenvalue weighted by atomic mass is 79.9. The van der Waals surface area contributed by atoms with E-state index in [0.717, 1.165) is 15.6 Å². The lowest BCUT2D eigenvalue weighted by molar-refractivity contribution is 0.340. The van der Waals surface area contributed by atoms with Crippen molar-refractivity contribution in [3.8, 4) is 5.75 Å². The molecule has 0 fully saturated rings. The van der Waals surface area contributed by atoms with Gasteiger partial charge in [-0.3, -0.25) is 0 Å². The molecule has 0 radical (unpaired) electrons. The van der Waals surface area contributed by atoms with Crippen LogP contribution in [0.25, 0.3) is 0 Å². The van der Waals surface area contributed by atoms with Crippen molar-refractivity contribution >= 4 is 50.7 Å². The number of ether oxygens (including phenoxy) is 1. The predicted octanol–water partition coefficient (Wildman–Crippen LogP) is 5.86. The van der Waals surface area contributed by atoms with Gasteiger partial charge in [0.1, 0.15) is 5.75 Å². The molecule has 2 N–H and O–H groups in total. The number of hydrogen-bond acceptors (Lipinski definition) is 2. The van der Waals surface area contributed by atoms with Crippen molar-refractivity contribution in [2.75, 3.05) is 6.61 Å². The van der Waals surface area contributed by atoms with Gasteiger partial charge in [-0.05, 0) is 42.3 Å². The molecule has 0 aliphatic carbocycles.